The van der Waals surface area contributed by atoms with E-state index in [1.807, 2.05) is 24.0 Å². The molecule has 0 atom stereocenters. The molecule has 0 saturated carbocycles. The van der Waals surface area contributed by atoms with Crippen LogP contribution in [0.15, 0.2) is 30.7 Å². The SMILES string of the molecule is Cc1cc2ncn(-c3ncc(CN)cc3C)c2cc1C. The molecule has 0 aliphatic heterocycles. The number of nitrogens with zero attached hydrogens (tertiary/aromatic N) is 3. The average molecular weight is 266 g/mol. The molecule has 1 aromatic carbocycles. The summed E-state index contributed by atoms with van der Waals surface area (Å²) in [5.74, 6) is 0.910. The predicted octanol–water partition coefficient (Wildman–Crippen LogP) is 2.80. The van der Waals surface area contributed by atoms with Gasteiger partial charge in [0.1, 0.15) is 12.1 Å². The number of aromatic nitrogens is 3. The number of hydrogen-bond donors (Lipinski definition) is 1. The van der Waals surface area contributed by atoms with Crippen molar-refractivity contribution in [3.63, 3.8) is 0 Å². The lowest BCUT2D eigenvalue weighted by Gasteiger charge is -2.09. The number of rotatable bonds is 2. The number of imidazole rings is 1. The van der Waals surface area contributed by atoms with E-state index in [4.69, 9.17) is 5.73 Å². The van der Waals surface area contributed by atoms with Crippen LogP contribution >= 0.6 is 0 Å². The minimum absolute atomic E-state index is 0.511. The van der Waals surface area contributed by atoms with Gasteiger partial charge in [-0.15, -0.1) is 0 Å². The summed E-state index contributed by atoms with van der Waals surface area (Å²) in [5.41, 5.74) is 12.4. The monoisotopic (exact) mass is 266 g/mol. The largest absolute Gasteiger partial charge is 0.326 e. The van der Waals surface area contributed by atoms with Gasteiger partial charge in [-0.05, 0) is 61.2 Å². The Hall–Kier alpha value is -2.20. The van der Waals surface area contributed by atoms with Crippen LogP contribution in [-0.2, 0) is 6.54 Å². The van der Waals surface area contributed by atoms with Crippen molar-refractivity contribution >= 4 is 11.0 Å². The van der Waals surface area contributed by atoms with E-state index < -0.39 is 0 Å². The summed E-state index contributed by atoms with van der Waals surface area (Å²) in [7, 11) is 0. The predicted molar refractivity (Wildman–Crippen MR) is 81.0 cm³/mol. The van der Waals surface area contributed by atoms with Gasteiger partial charge >= 0.3 is 0 Å². The van der Waals surface area contributed by atoms with Crippen LogP contribution in [0.4, 0.5) is 0 Å². The first-order valence-electron chi connectivity index (χ1n) is 6.70. The molecule has 4 nitrogen and oxygen atoms in total. The molecular formula is C16H18N4. The lowest BCUT2D eigenvalue weighted by atomic mass is 10.1. The molecule has 3 aromatic rings. The minimum Gasteiger partial charge on any atom is -0.326 e. The lowest BCUT2D eigenvalue weighted by molar-refractivity contribution is 0.969. The van der Waals surface area contributed by atoms with E-state index in [-0.39, 0.29) is 0 Å². The molecule has 0 spiro atoms. The Morgan fingerprint density at radius 3 is 2.45 bits per heavy atom. The standard InChI is InChI=1S/C16H18N4/c1-10-5-14-15(6-11(10)2)20(9-19-14)16-12(3)4-13(7-17)8-18-16/h4-6,8-9H,7,17H2,1-3H3. The van der Waals surface area contributed by atoms with E-state index in [0.29, 0.717) is 6.54 Å². The van der Waals surface area contributed by atoms with E-state index in [1.165, 1.54) is 11.1 Å². The Kier molecular flexibility index (Phi) is 3.03. The molecule has 0 aliphatic carbocycles. The van der Waals surface area contributed by atoms with Crippen LogP contribution in [-0.4, -0.2) is 14.5 Å². The van der Waals surface area contributed by atoms with Crippen molar-refractivity contribution < 1.29 is 0 Å². The van der Waals surface area contributed by atoms with Gasteiger partial charge in [0.25, 0.3) is 0 Å². The molecule has 2 aromatic heterocycles. The van der Waals surface area contributed by atoms with E-state index in [9.17, 15) is 0 Å². The smallest absolute Gasteiger partial charge is 0.141 e. The number of hydrogen-bond acceptors (Lipinski definition) is 3. The van der Waals surface area contributed by atoms with Crippen molar-refractivity contribution in [2.24, 2.45) is 5.73 Å². The van der Waals surface area contributed by atoms with E-state index in [1.54, 1.807) is 0 Å². The summed E-state index contributed by atoms with van der Waals surface area (Å²) in [4.78, 5) is 9.02. The third-order valence-electron chi connectivity index (χ3n) is 3.73. The highest BCUT2D eigenvalue weighted by atomic mass is 15.1. The van der Waals surface area contributed by atoms with Crippen molar-refractivity contribution in [1.82, 2.24) is 14.5 Å². The Bertz CT molecular complexity index is 787. The van der Waals surface area contributed by atoms with Crippen LogP contribution in [0.5, 0.6) is 0 Å². The maximum atomic E-state index is 5.66. The molecule has 20 heavy (non-hydrogen) atoms. The number of benzene rings is 1. The van der Waals surface area contributed by atoms with Gasteiger partial charge in [0.05, 0.1) is 11.0 Å². The topological polar surface area (TPSA) is 56.7 Å². The molecule has 0 saturated heterocycles. The first-order chi connectivity index (χ1) is 9.60. The fraction of sp³-hybridized carbons (Fsp3) is 0.250. The van der Waals surface area contributed by atoms with E-state index in [0.717, 1.165) is 28.0 Å². The third kappa shape index (κ3) is 1.98. The van der Waals surface area contributed by atoms with Crippen molar-refractivity contribution in [3.05, 3.63) is 53.0 Å². The summed E-state index contributed by atoms with van der Waals surface area (Å²) in [6.45, 7) is 6.78. The molecule has 0 bridgehead atoms. The second-order valence-corrected chi connectivity index (χ2v) is 5.23. The van der Waals surface area contributed by atoms with Gasteiger partial charge in [-0.25, -0.2) is 9.97 Å². The van der Waals surface area contributed by atoms with E-state index in [2.05, 4.69) is 42.0 Å². The van der Waals surface area contributed by atoms with Crippen LogP contribution < -0.4 is 5.73 Å². The van der Waals surface area contributed by atoms with Crippen LogP contribution in [0.1, 0.15) is 22.3 Å². The van der Waals surface area contributed by atoms with Gasteiger partial charge in [-0.1, -0.05) is 0 Å². The van der Waals surface area contributed by atoms with Gasteiger partial charge < -0.3 is 5.73 Å². The highest BCUT2D eigenvalue weighted by Crippen LogP contribution is 2.22. The summed E-state index contributed by atoms with van der Waals surface area (Å²) >= 11 is 0. The fourth-order valence-corrected chi connectivity index (χ4v) is 2.42. The van der Waals surface area contributed by atoms with Gasteiger partial charge in [0.15, 0.2) is 0 Å². The Morgan fingerprint density at radius 2 is 1.75 bits per heavy atom. The minimum atomic E-state index is 0.511. The van der Waals surface area contributed by atoms with Crippen molar-refractivity contribution in [2.75, 3.05) is 0 Å². The van der Waals surface area contributed by atoms with E-state index >= 15 is 0 Å². The Labute approximate surface area is 118 Å². The second-order valence-electron chi connectivity index (χ2n) is 5.23. The quantitative estimate of drug-likeness (QED) is 0.776. The van der Waals surface area contributed by atoms with Crippen LogP contribution in [0.3, 0.4) is 0 Å². The normalized spacial score (nSPS) is 11.2. The number of nitrogens with two attached hydrogens (primary N) is 1. The zero-order valence-electron chi connectivity index (χ0n) is 12.0. The molecule has 2 heterocycles. The highest BCUT2D eigenvalue weighted by molar-refractivity contribution is 5.79. The molecule has 102 valence electrons. The van der Waals surface area contributed by atoms with Gasteiger partial charge in [0.2, 0.25) is 0 Å². The summed E-state index contributed by atoms with van der Waals surface area (Å²) in [6.07, 6.45) is 3.66. The zero-order valence-corrected chi connectivity index (χ0v) is 12.0. The summed E-state index contributed by atoms with van der Waals surface area (Å²) in [6, 6.07) is 6.36. The fourth-order valence-electron chi connectivity index (χ4n) is 2.42. The number of aryl methyl sites for hydroxylation is 3. The number of fused-ring (bicyclic) bond motifs is 1. The molecule has 4 heteroatoms. The van der Waals surface area contributed by atoms with Gasteiger partial charge in [0, 0.05) is 12.7 Å². The van der Waals surface area contributed by atoms with Gasteiger partial charge in [-0.3, -0.25) is 4.57 Å². The van der Waals surface area contributed by atoms with Crippen LogP contribution in [0.25, 0.3) is 16.9 Å². The van der Waals surface area contributed by atoms with Gasteiger partial charge in [-0.2, -0.15) is 0 Å². The molecular weight excluding hydrogens is 248 g/mol. The Morgan fingerprint density at radius 1 is 1.00 bits per heavy atom. The first kappa shape index (κ1) is 12.8. The average Bonchev–Trinajstić information content (AvgIpc) is 2.82. The molecule has 3 rings (SSSR count). The second kappa shape index (κ2) is 4.72. The maximum Gasteiger partial charge on any atom is 0.141 e. The zero-order chi connectivity index (χ0) is 14.3. The molecule has 2 N–H and O–H groups in total. The summed E-state index contributed by atoms with van der Waals surface area (Å²) < 4.78 is 2.04. The molecule has 0 amide bonds. The Balaban J connectivity index is 2.22. The molecule has 0 unspecified atom stereocenters. The third-order valence-corrected chi connectivity index (χ3v) is 3.73. The first-order valence-corrected chi connectivity index (χ1v) is 6.70. The van der Waals surface area contributed by atoms with Crippen molar-refractivity contribution in [2.45, 2.75) is 27.3 Å². The van der Waals surface area contributed by atoms with Crippen molar-refractivity contribution in [3.8, 4) is 5.82 Å². The van der Waals surface area contributed by atoms with Crippen LogP contribution in [0.2, 0.25) is 0 Å². The van der Waals surface area contributed by atoms with Crippen LogP contribution in [0, 0.1) is 20.8 Å². The molecule has 0 aliphatic rings. The van der Waals surface area contributed by atoms with Crippen molar-refractivity contribution in [1.29, 1.82) is 0 Å². The molecule has 0 radical (unpaired) electrons. The highest BCUT2D eigenvalue weighted by Gasteiger charge is 2.10. The summed E-state index contributed by atoms with van der Waals surface area (Å²) in [5, 5.41) is 0. The lowest BCUT2D eigenvalue weighted by Crippen LogP contribution is -2.03. The maximum absolute atomic E-state index is 5.66. The molecule has 0 fully saturated rings. The number of pyridine rings is 1.